The Balaban J connectivity index is 2.93. The molecule has 1 aromatic rings. The minimum absolute atomic E-state index is 0.194. The molecule has 0 saturated carbocycles. The summed E-state index contributed by atoms with van der Waals surface area (Å²) >= 11 is 0. The lowest BCUT2D eigenvalue weighted by Crippen LogP contribution is -2.28. The number of hydrogen-bond donors (Lipinski definition) is 1. The predicted molar refractivity (Wildman–Crippen MR) is 62.7 cm³/mol. The molecule has 0 saturated heterocycles. The molecule has 0 radical (unpaired) electrons. The summed E-state index contributed by atoms with van der Waals surface area (Å²) in [7, 11) is 1.67. The van der Waals surface area contributed by atoms with E-state index in [9.17, 15) is 9.90 Å². The van der Waals surface area contributed by atoms with Crippen LogP contribution in [0.3, 0.4) is 0 Å². The summed E-state index contributed by atoms with van der Waals surface area (Å²) in [5, 5.41) is 9.67. The fourth-order valence-corrected chi connectivity index (χ4v) is 1.42. The fraction of sp³-hybridized carbons (Fsp3) is 0.308. The van der Waals surface area contributed by atoms with Gasteiger partial charge in [-0.2, -0.15) is 0 Å². The molecule has 0 aliphatic rings. The maximum Gasteiger partial charge on any atom is 0.298 e. The van der Waals surface area contributed by atoms with Crippen LogP contribution < -0.4 is 0 Å². The summed E-state index contributed by atoms with van der Waals surface area (Å²) < 4.78 is 0. The van der Waals surface area contributed by atoms with Gasteiger partial charge in [0.25, 0.3) is 5.91 Å². The minimum Gasteiger partial charge on any atom is -0.508 e. The molecule has 16 heavy (non-hydrogen) atoms. The Morgan fingerprint density at radius 1 is 1.44 bits per heavy atom. The summed E-state index contributed by atoms with van der Waals surface area (Å²) in [4.78, 5) is 13.0. The van der Waals surface area contributed by atoms with Gasteiger partial charge < -0.3 is 10.0 Å². The van der Waals surface area contributed by atoms with Crippen molar-refractivity contribution in [3.63, 3.8) is 0 Å². The van der Waals surface area contributed by atoms with Crippen molar-refractivity contribution < 1.29 is 9.90 Å². The van der Waals surface area contributed by atoms with E-state index in [1.54, 1.807) is 32.2 Å². The molecule has 0 aromatic heterocycles. The molecule has 0 heterocycles. The van der Waals surface area contributed by atoms with Gasteiger partial charge in [-0.05, 0) is 25.8 Å². The Hall–Kier alpha value is -1.95. The third kappa shape index (κ3) is 2.54. The number of phenolic OH excluding ortho intramolecular Hbond substituents is 1. The van der Waals surface area contributed by atoms with Gasteiger partial charge in [0, 0.05) is 12.6 Å². The molecule has 84 valence electrons. The van der Waals surface area contributed by atoms with E-state index < -0.39 is 0 Å². The highest BCUT2D eigenvalue weighted by Gasteiger charge is 2.17. The number of hydrogen-bond acceptors (Lipinski definition) is 2. The van der Waals surface area contributed by atoms with E-state index in [0.717, 1.165) is 5.56 Å². The monoisotopic (exact) mass is 217 g/mol. The molecule has 1 N–H and O–H groups in total. The first-order chi connectivity index (χ1) is 7.57. The van der Waals surface area contributed by atoms with Crippen LogP contribution in [-0.4, -0.2) is 23.0 Å². The third-order valence-electron chi connectivity index (χ3n) is 2.52. The predicted octanol–water partition coefficient (Wildman–Crippen LogP) is 1.93. The zero-order valence-corrected chi connectivity index (χ0v) is 9.69. The smallest absolute Gasteiger partial charge is 0.298 e. The summed E-state index contributed by atoms with van der Waals surface area (Å²) in [5.41, 5.74) is 0.719. The lowest BCUT2D eigenvalue weighted by Gasteiger charge is -2.23. The fourth-order valence-electron chi connectivity index (χ4n) is 1.42. The van der Waals surface area contributed by atoms with E-state index in [0.29, 0.717) is 0 Å². The van der Waals surface area contributed by atoms with Gasteiger partial charge in [-0.15, -0.1) is 0 Å². The average Bonchev–Trinajstić information content (AvgIpc) is 2.28. The summed E-state index contributed by atoms with van der Waals surface area (Å²) in [6.45, 7) is 3.47. The van der Waals surface area contributed by atoms with Crippen molar-refractivity contribution in [3.05, 3.63) is 29.8 Å². The highest BCUT2D eigenvalue weighted by atomic mass is 16.3. The molecular weight excluding hydrogens is 202 g/mol. The zero-order chi connectivity index (χ0) is 12.1. The number of phenols is 1. The van der Waals surface area contributed by atoms with Crippen LogP contribution in [0.15, 0.2) is 24.3 Å². The first-order valence-corrected chi connectivity index (χ1v) is 5.05. The number of carbonyl (C=O) groups excluding carboxylic acids is 1. The van der Waals surface area contributed by atoms with Gasteiger partial charge in [-0.3, -0.25) is 4.79 Å². The quantitative estimate of drug-likeness (QED) is 0.769. The molecular formula is C13H15NO2. The minimum atomic E-state index is -0.252. The van der Waals surface area contributed by atoms with Crippen molar-refractivity contribution in [2.24, 2.45) is 0 Å². The molecule has 1 rings (SSSR count). The average molecular weight is 217 g/mol. The second-order valence-corrected chi connectivity index (χ2v) is 3.53. The Morgan fingerprint density at radius 3 is 2.62 bits per heavy atom. The van der Waals surface area contributed by atoms with Crippen LogP contribution in [0.2, 0.25) is 0 Å². The Bertz CT molecular complexity index is 443. The molecule has 1 atom stereocenters. The molecule has 3 nitrogen and oxygen atoms in total. The lowest BCUT2D eigenvalue weighted by atomic mass is 10.1. The van der Waals surface area contributed by atoms with E-state index in [2.05, 4.69) is 11.8 Å². The summed E-state index contributed by atoms with van der Waals surface area (Å²) in [5.74, 6) is 4.98. The second kappa shape index (κ2) is 5.22. The van der Waals surface area contributed by atoms with E-state index in [4.69, 9.17) is 0 Å². The van der Waals surface area contributed by atoms with Crippen LogP contribution in [0.25, 0.3) is 0 Å². The molecule has 0 aliphatic carbocycles. The van der Waals surface area contributed by atoms with Gasteiger partial charge in [0.2, 0.25) is 0 Å². The van der Waals surface area contributed by atoms with Crippen molar-refractivity contribution >= 4 is 5.91 Å². The van der Waals surface area contributed by atoms with Crippen molar-refractivity contribution in [1.82, 2.24) is 4.90 Å². The van der Waals surface area contributed by atoms with Crippen LogP contribution in [0, 0.1) is 11.8 Å². The van der Waals surface area contributed by atoms with Crippen molar-refractivity contribution in [1.29, 1.82) is 0 Å². The van der Waals surface area contributed by atoms with Gasteiger partial charge in [0.05, 0.1) is 6.04 Å². The Kier molecular flexibility index (Phi) is 3.96. The normalized spacial score (nSPS) is 11.2. The highest BCUT2D eigenvalue weighted by molar-refractivity contribution is 5.93. The maximum absolute atomic E-state index is 11.5. The van der Waals surface area contributed by atoms with Crippen LogP contribution in [0.4, 0.5) is 0 Å². The van der Waals surface area contributed by atoms with Crippen molar-refractivity contribution in [2.45, 2.75) is 19.9 Å². The number of amides is 1. The number of aromatic hydroxyl groups is 1. The number of para-hydroxylation sites is 1. The van der Waals surface area contributed by atoms with E-state index in [-0.39, 0.29) is 17.7 Å². The second-order valence-electron chi connectivity index (χ2n) is 3.53. The standard InChI is InChI=1S/C13H15NO2/c1-4-7-13(16)14(3)10(2)11-8-5-6-9-12(11)15/h5-6,8-10,15H,1-3H3. The molecule has 1 amide bonds. The molecule has 0 spiro atoms. The van der Waals surface area contributed by atoms with Crippen LogP contribution in [-0.2, 0) is 4.79 Å². The largest absolute Gasteiger partial charge is 0.508 e. The molecule has 1 unspecified atom stereocenters. The topological polar surface area (TPSA) is 40.5 Å². The van der Waals surface area contributed by atoms with E-state index >= 15 is 0 Å². The van der Waals surface area contributed by atoms with Crippen molar-refractivity contribution in [3.8, 4) is 17.6 Å². The first kappa shape index (κ1) is 12.1. The van der Waals surface area contributed by atoms with Gasteiger partial charge in [-0.1, -0.05) is 24.1 Å². The maximum atomic E-state index is 11.5. The number of rotatable bonds is 2. The Labute approximate surface area is 95.7 Å². The number of nitrogens with zero attached hydrogens (tertiary/aromatic N) is 1. The number of carbonyl (C=O) groups is 1. The summed E-state index contributed by atoms with van der Waals surface area (Å²) in [6.07, 6.45) is 0. The van der Waals surface area contributed by atoms with E-state index in [1.807, 2.05) is 13.0 Å². The van der Waals surface area contributed by atoms with Crippen molar-refractivity contribution in [2.75, 3.05) is 7.05 Å². The van der Waals surface area contributed by atoms with Crippen LogP contribution >= 0.6 is 0 Å². The molecule has 0 bridgehead atoms. The van der Waals surface area contributed by atoms with Crippen LogP contribution in [0.1, 0.15) is 25.5 Å². The third-order valence-corrected chi connectivity index (χ3v) is 2.52. The molecule has 0 aliphatic heterocycles. The SMILES string of the molecule is CC#CC(=O)N(C)C(C)c1ccccc1O. The summed E-state index contributed by atoms with van der Waals surface area (Å²) in [6, 6.07) is 6.78. The molecule has 0 fully saturated rings. The number of benzene rings is 1. The molecule has 3 heteroatoms. The first-order valence-electron chi connectivity index (χ1n) is 5.05. The highest BCUT2D eigenvalue weighted by Crippen LogP contribution is 2.26. The lowest BCUT2D eigenvalue weighted by molar-refractivity contribution is -0.125. The van der Waals surface area contributed by atoms with Gasteiger partial charge >= 0.3 is 0 Å². The Morgan fingerprint density at radius 2 is 2.06 bits per heavy atom. The van der Waals surface area contributed by atoms with Gasteiger partial charge in [0.15, 0.2) is 0 Å². The van der Waals surface area contributed by atoms with Crippen LogP contribution in [0.5, 0.6) is 5.75 Å². The molecule has 1 aromatic carbocycles. The van der Waals surface area contributed by atoms with Gasteiger partial charge in [-0.25, -0.2) is 0 Å². The van der Waals surface area contributed by atoms with E-state index in [1.165, 1.54) is 4.90 Å². The zero-order valence-electron chi connectivity index (χ0n) is 9.69. The van der Waals surface area contributed by atoms with Gasteiger partial charge in [0.1, 0.15) is 5.75 Å².